The molecule has 0 saturated carbocycles. The molecule has 2 heterocycles. The van der Waals surface area contributed by atoms with Crippen LogP contribution >= 0.6 is 11.6 Å². The lowest BCUT2D eigenvalue weighted by atomic mass is 10.1. The minimum atomic E-state index is -0.541. The van der Waals surface area contributed by atoms with E-state index in [1.165, 1.54) is 30.5 Å². The average Bonchev–Trinajstić information content (AvgIpc) is 2.81. The summed E-state index contributed by atoms with van der Waals surface area (Å²) in [6, 6.07) is 11.9. The van der Waals surface area contributed by atoms with E-state index in [9.17, 15) is 13.6 Å². The predicted molar refractivity (Wildman–Crippen MR) is 115 cm³/mol. The monoisotopic (exact) mass is 459 g/mol. The fourth-order valence-electron chi connectivity index (χ4n) is 3.31. The minimum Gasteiger partial charge on any atom is -0.453 e. The summed E-state index contributed by atoms with van der Waals surface area (Å²) >= 11 is 5.85. The number of benzene rings is 2. The van der Waals surface area contributed by atoms with Gasteiger partial charge in [0.15, 0.2) is 11.6 Å². The first kappa shape index (κ1) is 22.0. The van der Waals surface area contributed by atoms with Gasteiger partial charge in [-0.2, -0.15) is 0 Å². The highest BCUT2D eigenvalue weighted by atomic mass is 35.5. The van der Waals surface area contributed by atoms with E-state index in [1.807, 2.05) is 0 Å². The Morgan fingerprint density at radius 1 is 1.22 bits per heavy atom. The normalized spacial score (nSPS) is 16.0. The van der Waals surface area contributed by atoms with Gasteiger partial charge >= 0.3 is 6.03 Å². The second kappa shape index (κ2) is 9.93. The highest BCUT2D eigenvalue weighted by Gasteiger charge is 2.26. The summed E-state index contributed by atoms with van der Waals surface area (Å²) in [5.74, 6) is -0.552. The lowest BCUT2D eigenvalue weighted by Gasteiger charge is -2.33. The number of nitrogens with zero attached hydrogens (tertiary/aromatic N) is 2. The molecule has 2 amide bonds. The Bertz CT molecular complexity index is 1100. The number of amides is 2. The Kier molecular flexibility index (Phi) is 6.82. The Labute approximate surface area is 188 Å². The van der Waals surface area contributed by atoms with Crippen LogP contribution in [-0.2, 0) is 11.3 Å². The SMILES string of the molecule is O=C(NCc1ccc(Oc2cccnc2)c(F)c1)N1CCOC(c2ccc(F)c(Cl)c2)C1. The maximum absolute atomic E-state index is 14.4. The molecule has 1 aliphatic rings. The third kappa shape index (κ3) is 5.33. The Morgan fingerprint density at radius 2 is 2.09 bits per heavy atom. The van der Waals surface area contributed by atoms with Crippen LogP contribution in [0.4, 0.5) is 13.6 Å². The summed E-state index contributed by atoms with van der Waals surface area (Å²) in [6.07, 6.45) is 2.68. The van der Waals surface area contributed by atoms with Crippen molar-refractivity contribution in [1.82, 2.24) is 15.2 Å². The molecule has 1 N–H and O–H groups in total. The fourth-order valence-corrected chi connectivity index (χ4v) is 3.50. The van der Waals surface area contributed by atoms with Crippen LogP contribution in [0, 0.1) is 11.6 Å². The van der Waals surface area contributed by atoms with Crippen LogP contribution in [0.25, 0.3) is 0 Å². The molecule has 0 aliphatic carbocycles. The molecule has 1 unspecified atom stereocenters. The van der Waals surface area contributed by atoms with E-state index in [1.54, 1.807) is 35.4 Å². The van der Waals surface area contributed by atoms with Gasteiger partial charge in [-0.3, -0.25) is 4.98 Å². The Morgan fingerprint density at radius 3 is 2.84 bits per heavy atom. The lowest BCUT2D eigenvalue weighted by Crippen LogP contribution is -2.46. The van der Waals surface area contributed by atoms with Crippen LogP contribution < -0.4 is 10.1 Å². The molecule has 0 spiro atoms. The smallest absolute Gasteiger partial charge is 0.317 e. The molecular weight excluding hydrogens is 440 g/mol. The van der Waals surface area contributed by atoms with E-state index in [0.29, 0.717) is 36.6 Å². The second-order valence-corrected chi connectivity index (χ2v) is 7.60. The number of pyridine rings is 1. The molecular formula is C23H20ClF2N3O3. The summed E-state index contributed by atoms with van der Waals surface area (Å²) in [7, 11) is 0. The van der Waals surface area contributed by atoms with Crippen LogP contribution in [0.3, 0.4) is 0 Å². The molecule has 1 saturated heterocycles. The van der Waals surface area contributed by atoms with Gasteiger partial charge in [0.05, 0.1) is 24.4 Å². The van der Waals surface area contributed by atoms with E-state index >= 15 is 0 Å². The number of nitrogens with one attached hydrogen (secondary N) is 1. The van der Waals surface area contributed by atoms with Gasteiger partial charge in [-0.1, -0.05) is 23.7 Å². The van der Waals surface area contributed by atoms with E-state index in [2.05, 4.69) is 10.3 Å². The van der Waals surface area contributed by atoms with Crippen LogP contribution in [-0.4, -0.2) is 35.6 Å². The Balaban J connectivity index is 1.33. The molecule has 1 aromatic heterocycles. The summed E-state index contributed by atoms with van der Waals surface area (Å²) in [4.78, 5) is 18.1. The molecule has 6 nitrogen and oxygen atoms in total. The van der Waals surface area contributed by atoms with Crippen LogP contribution in [0.15, 0.2) is 60.9 Å². The van der Waals surface area contributed by atoms with Crippen molar-refractivity contribution in [3.05, 3.63) is 88.7 Å². The van der Waals surface area contributed by atoms with Gasteiger partial charge in [-0.05, 0) is 47.5 Å². The lowest BCUT2D eigenvalue weighted by molar-refractivity contribution is -0.0155. The number of halogens is 3. The number of hydrogen-bond acceptors (Lipinski definition) is 4. The van der Waals surface area contributed by atoms with Crippen LogP contribution in [0.5, 0.6) is 11.5 Å². The maximum Gasteiger partial charge on any atom is 0.317 e. The third-order valence-corrected chi connectivity index (χ3v) is 5.26. The van der Waals surface area contributed by atoms with Crippen molar-refractivity contribution in [1.29, 1.82) is 0 Å². The maximum atomic E-state index is 14.4. The van der Waals surface area contributed by atoms with E-state index in [-0.39, 0.29) is 23.3 Å². The molecule has 4 rings (SSSR count). The van der Waals surface area contributed by atoms with Gasteiger partial charge < -0.3 is 19.7 Å². The number of hydrogen-bond donors (Lipinski definition) is 1. The van der Waals surface area contributed by atoms with Crippen molar-refractivity contribution in [2.75, 3.05) is 19.7 Å². The van der Waals surface area contributed by atoms with Gasteiger partial charge in [-0.15, -0.1) is 0 Å². The van der Waals surface area contributed by atoms with E-state index < -0.39 is 17.7 Å². The topological polar surface area (TPSA) is 63.7 Å². The molecule has 3 aromatic rings. The van der Waals surface area contributed by atoms with Gasteiger partial charge in [0, 0.05) is 19.3 Å². The molecule has 1 fully saturated rings. The number of morpholine rings is 1. The third-order valence-electron chi connectivity index (χ3n) is 4.97. The number of aromatic nitrogens is 1. The molecule has 0 bridgehead atoms. The summed E-state index contributed by atoms with van der Waals surface area (Å²) in [5, 5.41) is 2.79. The predicted octanol–water partition coefficient (Wildman–Crippen LogP) is 5.09. The molecule has 166 valence electrons. The molecule has 2 aromatic carbocycles. The molecule has 32 heavy (non-hydrogen) atoms. The first-order valence-electron chi connectivity index (χ1n) is 9.95. The molecule has 1 atom stereocenters. The molecule has 9 heteroatoms. The molecule has 1 aliphatic heterocycles. The second-order valence-electron chi connectivity index (χ2n) is 7.19. The zero-order valence-corrected chi connectivity index (χ0v) is 17.7. The van der Waals surface area contributed by atoms with E-state index in [4.69, 9.17) is 21.1 Å². The van der Waals surface area contributed by atoms with Gasteiger partial charge in [0.1, 0.15) is 17.7 Å². The first-order valence-corrected chi connectivity index (χ1v) is 10.3. The minimum absolute atomic E-state index is 0.00524. The highest BCUT2D eigenvalue weighted by molar-refractivity contribution is 6.30. The van der Waals surface area contributed by atoms with Crippen molar-refractivity contribution in [2.45, 2.75) is 12.6 Å². The summed E-state index contributed by atoms with van der Waals surface area (Å²) in [6.45, 7) is 1.18. The van der Waals surface area contributed by atoms with Crippen molar-refractivity contribution in [2.24, 2.45) is 0 Å². The number of rotatable bonds is 5. The van der Waals surface area contributed by atoms with Crippen LogP contribution in [0.2, 0.25) is 5.02 Å². The number of carbonyl (C=O) groups is 1. The van der Waals surface area contributed by atoms with Crippen molar-refractivity contribution >= 4 is 17.6 Å². The largest absolute Gasteiger partial charge is 0.453 e. The quantitative estimate of drug-likeness (QED) is 0.577. The van der Waals surface area contributed by atoms with Crippen molar-refractivity contribution in [3.63, 3.8) is 0 Å². The number of ether oxygens (including phenoxy) is 2. The van der Waals surface area contributed by atoms with E-state index in [0.717, 1.165) is 0 Å². The summed E-state index contributed by atoms with van der Waals surface area (Å²) < 4.78 is 39.0. The number of carbonyl (C=O) groups excluding carboxylic acids is 1. The van der Waals surface area contributed by atoms with Crippen LogP contribution in [0.1, 0.15) is 17.2 Å². The fraction of sp³-hybridized carbons (Fsp3) is 0.217. The van der Waals surface area contributed by atoms with Gasteiger partial charge in [-0.25, -0.2) is 13.6 Å². The Hall–Kier alpha value is -3.23. The van der Waals surface area contributed by atoms with Gasteiger partial charge in [0.25, 0.3) is 0 Å². The summed E-state index contributed by atoms with van der Waals surface area (Å²) in [5.41, 5.74) is 1.28. The average molecular weight is 460 g/mol. The zero-order chi connectivity index (χ0) is 22.5. The first-order chi connectivity index (χ1) is 15.5. The number of urea groups is 1. The molecule has 0 radical (unpaired) electrons. The zero-order valence-electron chi connectivity index (χ0n) is 16.9. The van der Waals surface area contributed by atoms with Crippen molar-refractivity contribution < 1.29 is 23.0 Å². The highest BCUT2D eigenvalue weighted by Crippen LogP contribution is 2.27. The van der Waals surface area contributed by atoms with Gasteiger partial charge in [0.2, 0.25) is 0 Å². The standard InChI is InChI=1S/C23H20ClF2N3O3/c24-18-11-16(4-5-19(18)25)22-14-29(8-9-31-22)23(30)28-12-15-3-6-21(20(26)10-15)32-17-2-1-7-27-13-17/h1-7,10-11,13,22H,8-9,12,14H2,(H,28,30). The van der Waals surface area contributed by atoms with Crippen molar-refractivity contribution in [3.8, 4) is 11.5 Å².